The molecule has 0 N–H and O–H groups in total. The molecule has 0 radical (unpaired) electrons. The highest BCUT2D eigenvalue weighted by Crippen LogP contribution is 2.45. The third kappa shape index (κ3) is 5.84. The van der Waals surface area contributed by atoms with Crippen LogP contribution in [0.15, 0.2) is 219 Å². The largest absolute Gasteiger partial charge is 0.264 e. The molecule has 0 amide bonds. The summed E-state index contributed by atoms with van der Waals surface area (Å²) in [5, 5.41) is 15.3. The van der Waals surface area contributed by atoms with E-state index in [1.54, 1.807) is 6.20 Å². The van der Waals surface area contributed by atoms with Crippen molar-refractivity contribution >= 4 is 64.6 Å². The summed E-state index contributed by atoms with van der Waals surface area (Å²) < 4.78 is 0. The third-order valence-corrected chi connectivity index (χ3v) is 12.9. The number of fused-ring (bicyclic) bond motifs is 2. The van der Waals surface area contributed by atoms with Gasteiger partial charge in [0.15, 0.2) is 17.5 Å². The lowest BCUT2D eigenvalue weighted by molar-refractivity contribution is 1.07. The molecule has 0 aliphatic rings. The zero-order valence-corrected chi connectivity index (χ0v) is 34.6. The number of benzene rings is 10. The van der Waals surface area contributed by atoms with Gasteiger partial charge in [0, 0.05) is 34.6 Å². The highest BCUT2D eigenvalue weighted by atomic mass is 15.0. The lowest BCUT2D eigenvalue weighted by Gasteiger charge is -2.17. The monoisotopic (exact) mass is 812 g/mol. The van der Waals surface area contributed by atoms with Gasteiger partial charge in [-0.05, 0) is 123 Å². The minimum Gasteiger partial charge on any atom is -0.264 e. The molecule has 0 saturated carbocycles. The summed E-state index contributed by atoms with van der Waals surface area (Å²) >= 11 is 0. The molecule has 4 nitrogen and oxygen atoms in total. The van der Waals surface area contributed by atoms with Gasteiger partial charge >= 0.3 is 0 Å². The fourth-order valence-corrected chi connectivity index (χ4v) is 9.96. The standard InChI is InChI=1S/C60H36N4/c1-2-12-40(13-3-1)58-62-59(45-20-7-17-41(33-45)46-21-11-31-61-36-46)64-60(63-58)52-23-5-4-22-48(52)43-19-6-18-42(32-43)47-34-44-30-29-39-15-9-25-50-49-24-8-14-37-27-28-38-16-10-26-51(56(38)54(37)49)53(35-47)57(44)55(39)50/h1-36H. The van der Waals surface area contributed by atoms with Gasteiger partial charge in [-0.15, -0.1) is 0 Å². The first-order chi connectivity index (χ1) is 31.7. The molecular weight excluding hydrogens is 777 g/mol. The molecule has 296 valence electrons. The molecule has 0 atom stereocenters. The Bertz CT molecular complexity index is 3950. The fourth-order valence-electron chi connectivity index (χ4n) is 9.96. The quantitative estimate of drug-likeness (QED) is 0.157. The Morgan fingerprint density at radius 2 is 0.734 bits per heavy atom. The van der Waals surface area contributed by atoms with Crippen molar-refractivity contribution in [2.45, 2.75) is 0 Å². The maximum absolute atomic E-state index is 5.22. The van der Waals surface area contributed by atoms with Crippen LogP contribution in [0.4, 0.5) is 0 Å². The van der Waals surface area contributed by atoms with E-state index in [4.69, 9.17) is 15.0 Å². The van der Waals surface area contributed by atoms with Gasteiger partial charge in [0.1, 0.15) is 0 Å². The summed E-state index contributed by atoms with van der Waals surface area (Å²) in [5.41, 5.74) is 9.28. The lowest BCUT2D eigenvalue weighted by Crippen LogP contribution is -2.01. The van der Waals surface area contributed by atoms with Crippen molar-refractivity contribution in [3.05, 3.63) is 219 Å². The summed E-state index contributed by atoms with van der Waals surface area (Å²) in [6, 6.07) is 74.1. The Hall–Kier alpha value is -8.60. The second kappa shape index (κ2) is 14.5. The Kier molecular flexibility index (Phi) is 8.18. The number of rotatable bonds is 6. The maximum atomic E-state index is 5.22. The molecule has 2 heterocycles. The highest BCUT2D eigenvalue weighted by Gasteiger charge is 2.19. The van der Waals surface area contributed by atoms with Gasteiger partial charge in [0.25, 0.3) is 0 Å². The van der Waals surface area contributed by atoms with Crippen LogP contribution in [-0.4, -0.2) is 19.9 Å². The molecule has 0 saturated heterocycles. The first kappa shape index (κ1) is 36.1. The van der Waals surface area contributed by atoms with Crippen LogP contribution in [0, 0.1) is 0 Å². The molecule has 64 heavy (non-hydrogen) atoms. The zero-order valence-electron chi connectivity index (χ0n) is 34.6. The van der Waals surface area contributed by atoms with Gasteiger partial charge in [0.2, 0.25) is 0 Å². The summed E-state index contributed by atoms with van der Waals surface area (Å²) in [6.45, 7) is 0. The molecule has 0 unspecified atom stereocenters. The van der Waals surface area contributed by atoms with Crippen molar-refractivity contribution in [3.8, 4) is 67.5 Å². The first-order valence-corrected chi connectivity index (χ1v) is 21.7. The molecule has 0 spiro atoms. The minimum absolute atomic E-state index is 0.610. The van der Waals surface area contributed by atoms with E-state index in [0.717, 1.165) is 44.5 Å². The SMILES string of the molecule is c1ccc(-c2nc(-c3cccc(-c4cccnc4)c3)nc(-c3ccccc3-c3cccc(-c4cc5ccc6cccc7c8cccc9ccc%10cccc(c(c4)c5c67)c%10c98)c3)n2)cc1. The molecule has 0 aliphatic heterocycles. The highest BCUT2D eigenvalue weighted by molar-refractivity contribution is 6.37. The van der Waals surface area contributed by atoms with Gasteiger partial charge in [-0.1, -0.05) is 176 Å². The van der Waals surface area contributed by atoms with Gasteiger partial charge in [-0.25, -0.2) is 15.0 Å². The van der Waals surface area contributed by atoms with Crippen molar-refractivity contribution in [3.63, 3.8) is 0 Å². The van der Waals surface area contributed by atoms with Crippen LogP contribution in [0.2, 0.25) is 0 Å². The average molecular weight is 813 g/mol. The Morgan fingerprint density at radius 1 is 0.250 bits per heavy atom. The number of pyridine rings is 1. The van der Waals surface area contributed by atoms with Gasteiger partial charge in [0.05, 0.1) is 0 Å². The second-order valence-corrected chi connectivity index (χ2v) is 16.6. The molecule has 4 heteroatoms. The van der Waals surface area contributed by atoms with E-state index in [-0.39, 0.29) is 0 Å². The van der Waals surface area contributed by atoms with Crippen LogP contribution < -0.4 is 0 Å². The van der Waals surface area contributed by atoms with Crippen LogP contribution >= 0.6 is 0 Å². The van der Waals surface area contributed by atoms with E-state index in [1.165, 1.54) is 70.2 Å². The summed E-state index contributed by atoms with van der Waals surface area (Å²) in [5.74, 6) is 1.85. The number of hydrogen-bond donors (Lipinski definition) is 0. The average Bonchev–Trinajstić information content (AvgIpc) is 3.37. The Balaban J connectivity index is 1.01. The topological polar surface area (TPSA) is 51.6 Å². The molecular formula is C60H36N4. The number of nitrogens with zero attached hydrogens (tertiary/aromatic N) is 4. The lowest BCUT2D eigenvalue weighted by atomic mass is 9.86. The first-order valence-electron chi connectivity index (χ1n) is 21.7. The smallest absolute Gasteiger partial charge is 0.164 e. The normalized spacial score (nSPS) is 11.8. The molecule has 0 fully saturated rings. The van der Waals surface area contributed by atoms with E-state index >= 15 is 0 Å². The van der Waals surface area contributed by atoms with E-state index in [9.17, 15) is 0 Å². The van der Waals surface area contributed by atoms with Crippen molar-refractivity contribution in [1.82, 2.24) is 19.9 Å². The van der Waals surface area contributed by atoms with Crippen LogP contribution in [-0.2, 0) is 0 Å². The molecule has 11 aromatic carbocycles. The minimum atomic E-state index is 0.610. The molecule has 13 aromatic rings. The van der Waals surface area contributed by atoms with Crippen LogP contribution in [0.3, 0.4) is 0 Å². The second-order valence-electron chi connectivity index (χ2n) is 16.6. The van der Waals surface area contributed by atoms with E-state index < -0.39 is 0 Å². The number of hydrogen-bond acceptors (Lipinski definition) is 4. The summed E-state index contributed by atoms with van der Waals surface area (Å²) in [7, 11) is 0. The third-order valence-electron chi connectivity index (χ3n) is 12.9. The molecule has 13 rings (SSSR count). The molecule has 0 bridgehead atoms. The van der Waals surface area contributed by atoms with Gasteiger partial charge in [-0.2, -0.15) is 0 Å². The summed E-state index contributed by atoms with van der Waals surface area (Å²) in [4.78, 5) is 19.8. The van der Waals surface area contributed by atoms with Crippen molar-refractivity contribution in [1.29, 1.82) is 0 Å². The van der Waals surface area contributed by atoms with Crippen molar-refractivity contribution in [2.24, 2.45) is 0 Å². The predicted octanol–water partition coefficient (Wildman–Crippen LogP) is 15.6. The van der Waals surface area contributed by atoms with Gasteiger partial charge < -0.3 is 0 Å². The van der Waals surface area contributed by atoms with Crippen LogP contribution in [0.25, 0.3) is 132 Å². The van der Waals surface area contributed by atoms with Crippen LogP contribution in [0.5, 0.6) is 0 Å². The number of aromatic nitrogens is 4. The van der Waals surface area contributed by atoms with E-state index in [0.29, 0.717) is 17.5 Å². The summed E-state index contributed by atoms with van der Waals surface area (Å²) in [6.07, 6.45) is 3.67. The molecule has 0 aliphatic carbocycles. The predicted molar refractivity (Wildman–Crippen MR) is 266 cm³/mol. The van der Waals surface area contributed by atoms with Crippen molar-refractivity contribution < 1.29 is 0 Å². The zero-order chi connectivity index (χ0) is 42.1. The molecule has 2 aromatic heterocycles. The van der Waals surface area contributed by atoms with E-state index in [2.05, 4.69) is 169 Å². The van der Waals surface area contributed by atoms with Crippen LogP contribution in [0.1, 0.15) is 0 Å². The fraction of sp³-hybridized carbons (Fsp3) is 0. The maximum Gasteiger partial charge on any atom is 0.164 e. The van der Waals surface area contributed by atoms with Crippen molar-refractivity contribution in [2.75, 3.05) is 0 Å². The Morgan fingerprint density at radius 3 is 1.41 bits per heavy atom. The van der Waals surface area contributed by atoms with Gasteiger partial charge in [-0.3, -0.25) is 4.98 Å². The van der Waals surface area contributed by atoms with E-state index in [1.807, 2.05) is 48.7 Å². The Labute approximate surface area is 369 Å².